The van der Waals surface area contributed by atoms with Gasteiger partial charge in [-0.15, -0.1) is 0 Å². The molecule has 0 radical (unpaired) electrons. The number of amides is 1. The van der Waals surface area contributed by atoms with Crippen molar-refractivity contribution >= 4 is 17.3 Å². The van der Waals surface area contributed by atoms with Gasteiger partial charge in [0.25, 0.3) is 5.91 Å². The maximum atomic E-state index is 13.6. The second-order valence-electron chi connectivity index (χ2n) is 4.35. The lowest BCUT2D eigenvalue weighted by molar-refractivity contribution is 0.102. The van der Waals surface area contributed by atoms with E-state index in [1.807, 2.05) is 0 Å². The summed E-state index contributed by atoms with van der Waals surface area (Å²) in [5.41, 5.74) is 5.29. The molecule has 3 rings (SSSR count). The Labute approximate surface area is 118 Å². The fourth-order valence-corrected chi connectivity index (χ4v) is 1.92. The average Bonchev–Trinajstić information content (AvgIpc) is 2.94. The smallest absolute Gasteiger partial charge is 0.255 e. The molecule has 1 aliphatic rings. The van der Waals surface area contributed by atoms with E-state index in [1.54, 1.807) is 6.07 Å². The first-order valence-corrected chi connectivity index (χ1v) is 6.01. The number of nitrogens with one attached hydrogen (secondary N) is 1. The summed E-state index contributed by atoms with van der Waals surface area (Å²) in [6, 6.07) is 6.55. The number of carbonyl (C=O) groups is 1. The van der Waals surface area contributed by atoms with Gasteiger partial charge in [0.05, 0.1) is 5.69 Å². The number of ether oxygens (including phenoxy) is 2. The molecule has 1 heterocycles. The molecule has 1 amide bonds. The first-order chi connectivity index (χ1) is 10.1. The van der Waals surface area contributed by atoms with Gasteiger partial charge in [-0.05, 0) is 30.3 Å². The fourth-order valence-electron chi connectivity index (χ4n) is 1.92. The predicted molar refractivity (Wildman–Crippen MR) is 71.3 cm³/mol. The normalized spacial score (nSPS) is 12.3. The quantitative estimate of drug-likeness (QED) is 0.834. The highest BCUT2D eigenvalue weighted by Gasteiger charge is 2.19. The van der Waals surface area contributed by atoms with Crippen molar-refractivity contribution in [3.63, 3.8) is 0 Å². The van der Waals surface area contributed by atoms with Gasteiger partial charge < -0.3 is 20.5 Å². The number of benzene rings is 2. The maximum absolute atomic E-state index is 13.6. The summed E-state index contributed by atoms with van der Waals surface area (Å²) in [5, 5.41) is 2.25. The summed E-state index contributed by atoms with van der Waals surface area (Å²) < 4.78 is 37.1. The highest BCUT2D eigenvalue weighted by atomic mass is 19.2. The Morgan fingerprint density at radius 3 is 2.71 bits per heavy atom. The molecule has 0 unspecified atom stereocenters. The van der Waals surface area contributed by atoms with Crippen LogP contribution in [0.1, 0.15) is 10.4 Å². The number of rotatable bonds is 2. The Kier molecular flexibility index (Phi) is 3.09. The molecular formula is C14H10F2N2O3. The Hall–Kier alpha value is -2.83. The second-order valence-corrected chi connectivity index (χ2v) is 4.35. The molecule has 0 atom stereocenters. The summed E-state index contributed by atoms with van der Waals surface area (Å²) in [7, 11) is 0. The topological polar surface area (TPSA) is 73.6 Å². The van der Waals surface area contributed by atoms with E-state index in [2.05, 4.69) is 5.32 Å². The highest BCUT2D eigenvalue weighted by Crippen LogP contribution is 2.33. The van der Waals surface area contributed by atoms with Crippen molar-refractivity contribution < 1.29 is 23.0 Å². The Morgan fingerprint density at radius 1 is 1.14 bits per heavy atom. The van der Waals surface area contributed by atoms with Gasteiger partial charge in [-0.3, -0.25) is 4.79 Å². The van der Waals surface area contributed by atoms with E-state index in [1.165, 1.54) is 18.2 Å². The van der Waals surface area contributed by atoms with Gasteiger partial charge in [-0.1, -0.05) is 0 Å². The second kappa shape index (κ2) is 4.93. The molecule has 7 heteroatoms. The molecule has 0 bridgehead atoms. The third-order valence-electron chi connectivity index (χ3n) is 3.00. The minimum atomic E-state index is -1.20. The van der Waals surface area contributed by atoms with Gasteiger partial charge in [0.2, 0.25) is 6.79 Å². The van der Waals surface area contributed by atoms with Crippen LogP contribution in [0.3, 0.4) is 0 Å². The van der Waals surface area contributed by atoms with Crippen LogP contribution in [-0.2, 0) is 0 Å². The molecule has 21 heavy (non-hydrogen) atoms. The zero-order chi connectivity index (χ0) is 15.0. The Morgan fingerprint density at radius 2 is 1.90 bits per heavy atom. The van der Waals surface area contributed by atoms with Crippen molar-refractivity contribution in [2.24, 2.45) is 0 Å². The Balaban J connectivity index is 1.89. The number of anilines is 2. The van der Waals surface area contributed by atoms with Crippen LogP contribution >= 0.6 is 0 Å². The van der Waals surface area contributed by atoms with Crippen molar-refractivity contribution in [1.29, 1.82) is 0 Å². The maximum Gasteiger partial charge on any atom is 0.255 e. The largest absolute Gasteiger partial charge is 0.454 e. The highest BCUT2D eigenvalue weighted by molar-refractivity contribution is 6.06. The number of fused-ring (bicyclic) bond motifs is 1. The predicted octanol–water partition coefficient (Wildman–Crippen LogP) is 2.53. The van der Waals surface area contributed by atoms with Crippen LogP contribution in [0.5, 0.6) is 11.5 Å². The Bertz CT molecular complexity index is 734. The van der Waals surface area contributed by atoms with Crippen molar-refractivity contribution in [2.75, 3.05) is 17.8 Å². The summed E-state index contributed by atoms with van der Waals surface area (Å²) in [4.78, 5) is 12.1. The van der Waals surface area contributed by atoms with E-state index in [0.29, 0.717) is 11.5 Å². The molecule has 3 N–H and O–H groups in total. The molecule has 2 aromatic rings. The van der Waals surface area contributed by atoms with Crippen LogP contribution in [0.15, 0.2) is 30.3 Å². The molecular weight excluding hydrogens is 282 g/mol. The standard InChI is InChI=1S/C14H10F2N2O3/c15-8-2-3-9(17)13(12(8)16)18-14(19)7-1-4-10-11(5-7)21-6-20-10/h1-5H,6,17H2,(H,18,19). The van der Waals surface area contributed by atoms with E-state index in [-0.39, 0.29) is 18.0 Å². The molecule has 108 valence electrons. The molecule has 0 fully saturated rings. The number of halogens is 2. The molecule has 0 aromatic heterocycles. The lowest BCUT2D eigenvalue weighted by atomic mass is 10.1. The number of hydrogen-bond donors (Lipinski definition) is 2. The number of nitrogen functional groups attached to an aromatic ring is 1. The lowest BCUT2D eigenvalue weighted by Crippen LogP contribution is -2.15. The van der Waals surface area contributed by atoms with Gasteiger partial charge in [0, 0.05) is 5.56 Å². The minimum Gasteiger partial charge on any atom is -0.454 e. The zero-order valence-corrected chi connectivity index (χ0v) is 10.7. The SMILES string of the molecule is Nc1ccc(F)c(F)c1NC(=O)c1ccc2c(c1)OCO2. The van der Waals surface area contributed by atoms with Gasteiger partial charge in [-0.25, -0.2) is 8.78 Å². The molecule has 1 aliphatic heterocycles. The number of carbonyl (C=O) groups excluding carboxylic acids is 1. The van der Waals surface area contributed by atoms with E-state index in [4.69, 9.17) is 15.2 Å². The summed E-state index contributed by atoms with van der Waals surface area (Å²) in [6.07, 6.45) is 0. The van der Waals surface area contributed by atoms with Crippen LogP contribution in [0, 0.1) is 11.6 Å². The van der Waals surface area contributed by atoms with Gasteiger partial charge in [0.15, 0.2) is 23.1 Å². The third-order valence-corrected chi connectivity index (χ3v) is 3.00. The third kappa shape index (κ3) is 2.33. The first-order valence-electron chi connectivity index (χ1n) is 6.01. The molecule has 0 aliphatic carbocycles. The van der Waals surface area contributed by atoms with Crippen molar-refractivity contribution in [2.45, 2.75) is 0 Å². The zero-order valence-electron chi connectivity index (χ0n) is 10.7. The van der Waals surface area contributed by atoms with E-state index in [9.17, 15) is 13.6 Å². The van der Waals surface area contributed by atoms with Crippen molar-refractivity contribution in [3.8, 4) is 11.5 Å². The first kappa shape index (κ1) is 13.2. The average molecular weight is 292 g/mol. The van der Waals surface area contributed by atoms with Crippen LogP contribution in [0.2, 0.25) is 0 Å². The molecule has 2 aromatic carbocycles. The van der Waals surface area contributed by atoms with Gasteiger partial charge >= 0.3 is 0 Å². The molecule has 5 nitrogen and oxygen atoms in total. The van der Waals surface area contributed by atoms with Gasteiger partial charge in [0.1, 0.15) is 5.69 Å². The molecule has 0 saturated heterocycles. The van der Waals surface area contributed by atoms with E-state index >= 15 is 0 Å². The van der Waals surface area contributed by atoms with Crippen molar-refractivity contribution in [3.05, 3.63) is 47.5 Å². The number of nitrogens with two attached hydrogens (primary N) is 1. The summed E-state index contributed by atoms with van der Waals surface area (Å²) in [6.45, 7) is 0.0753. The fraction of sp³-hybridized carbons (Fsp3) is 0.0714. The summed E-state index contributed by atoms with van der Waals surface area (Å²) in [5.74, 6) is -2.00. The summed E-state index contributed by atoms with van der Waals surface area (Å²) >= 11 is 0. The molecule has 0 saturated carbocycles. The van der Waals surface area contributed by atoms with Crippen molar-refractivity contribution in [1.82, 2.24) is 0 Å². The van der Waals surface area contributed by atoms with Crippen LogP contribution in [0.4, 0.5) is 20.2 Å². The van der Waals surface area contributed by atoms with Crippen LogP contribution in [0.25, 0.3) is 0 Å². The van der Waals surface area contributed by atoms with E-state index < -0.39 is 23.2 Å². The lowest BCUT2D eigenvalue weighted by Gasteiger charge is -2.10. The van der Waals surface area contributed by atoms with Crippen LogP contribution in [-0.4, -0.2) is 12.7 Å². The minimum absolute atomic E-state index is 0.0667. The van der Waals surface area contributed by atoms with Gasteiger partial charge in [-0.2, -0.15) is 0 Å². The monoisotopic (exact) mass is 292 g/mol. The van der Waals surface area contributed by atoms with Crippen LogP contribution < -0.4 is 20.5 Å². The molecule has 0 spiro atoms. The van der Waals surface area contributed by atoms with E-state index in [0.717, 1.165) is 6.07 Å². The number of hydrogen-bond acceptors (Lipinski definition) is 4.